The van der Waals surface area contributed by atoms with Crippen LogP contribution in [-0.4, -0.2) is 96.7 Å². The minimum absolute atomic E-state index is 0.106. The molecule has 4 unspecified atom stereocenters. The molecule has 0 aromatic rings. The number of aliphatic hydroxyl groups is 1. The summed E-state index contributed by atoms with van der Waals surface area (Å²) in [6.45, 7) is 9.63. The van der Waals surface area contributed by atoms with E-state index in [2.05, 4.69) is 41.5 Å². The summed E-state index contributed by atoms with van der Waals surface area (Å²) in [6.07, 6.45) is 66.7. The highest BCUT2D eigenvalue weighted by Gasteiger charge is 2.30. The molecule has 0 radical (unpaired) electrons. The third-order valence-electron chi connectivity index (χ3n) is 20.4. The van der Waals surface area contributed by atoms with Gasteiger partial charge in [0.15, 0.2) is 12.2 Å². The largest absolute Gasteiger partial charge is 0.472 e. The Hall–Kier alpha value is -1.94. The first-order valence-corrected chi connectivity index (χ1v) is 46.6. The molecule has 0 fully saturated rings. The second-order valence-electron chi connectivity index (χ2n) is 30.7. The summed E-state index contributed by atoms with van der Waals surface area (Å²) in [5.41, 5.74) is 0. The molecule has 103 heavy (non-hydrogen) atoms. The summed E-state index contributed by atoms with van der Waals surface area (Å²) >= 11 is 0. The Labute approximate surface area is 632 Å². The van der Waals surface area contributed by atoms with E-state index in [1.165, 1.54) is 257 Å². The Morgan fingerprint density at radius 2 is 0.466 bits per heavy atom. The van der Waals surface area contributed by atoms with Gasteiger partial charge >= 0.3 is 39.5 Å². The first-order chi connectivity index (χ1) is 49.9. The van der Waals surface area contributed by atoms with Crippen LogP contribution >= 0.6 is 15.6 Å². The van der Waals surface area contributed by atoms with Crippen molar-refractivity contribution in [3.63, 3.8) is 0 Å². The third-order valence-corrected chi connectivity index (χ3v) is 22.3. The van der Waals surface area contributed by atoms with Gasteiger partial charge in [0, 0.05) is 25.7 Å². The molecular weight excluding hydrogens is 1340 g/mol. The van der Waals surface area contributed by atoms with Crippen LogP contribution in [0, 0.1) is 11.8 Å². The van der Waals surface area contributed by atoms with Gasteiger partial charge < -0.3 is 33.8 Å². The van der Waals surface area contributed by atoms with Crippen molar-refractivity contribution >= 4 is 39.5 Å². The summed E-state index contributed by atoms with van der Waals surface area (Å²) in [4.78, 5) is 73.1. The second-order valence-corrected chi connectivity index (χ2v) is 33.6. The molecule has 0 heterocycles. The van der Waals surface area contributed by atoms with Gasteiger partial charge in [-0.25, -0.2) is 9.13 Å². The quantitative estimate of drug-likeness (QED) is 0.0222. The lowest BCUT2D eigenvalue weighted by molar-refractivity contribution is -0.161. The molecule has 0 aromatic heterocycles. The molecular formula is C84H164O17P2. The van der Waals surface area contributed by atoms with Crippen LogP contribution in [0.3, 0.4) is 0 Å². The molecule has 0 aliphatic rings. The summed E-state index contributed by atoms with van der Waals surface area (Å²) in [7, 11) is -9.92. The van der Waals surface area contributed by atoms with Crippen LogP contribution in [0.15, 0.2) is 0 Å². The molecule has 0 aliphatic carbocycles. The third kappa shape index (κ3) is 75.3. The highest BCUT2D eigenvalue weighted by atomic mass is 31.2. The van der Waals surface area contributed by atoms with Crippen molar-refractivity contribution in [2.24, 2.45) is 11.8 Å². The highest BCUT2D eigenvalue weighted by Crippen LogP contribution is 2.45. The van der Waals surface area contributed by atoms with E-state index in [1.54, 1.807) is 0 Å². The van der Waals surface area contributed by atoms with E-state index >= 15 is 0 Å². The number of phosphoric ester groups is 2. The number of carbonyl (C=O) groups excluding carboxylic acids is 4. The molecule has 0 rings (SSSR count). The summed E-state index contributed by atoms with van der Waals surface area (Å²) in [5.74, 6) is -0.574. The van der Waals surface area contributed by atoms with Crippen molar-refractivity contribution in [2.45, 2.75) is 464 Å². The minimum atomic E-state index is -4.96. The van der Waals surface area contributed by atoms with Gasteiger partial charge in [0.1, 0.15) is 19.3 Å². The van der Waals surface area contributed by atoms with E-state index in [-0.39, 0.29) is 25.7 Å². The van der Waals surface area contributed by atoms with Crippen LogP contribution in [-0.2, 0) is 65.4 Å². The number of ether oxygens (including phenoxy) is 4. The van der Waals surface area contributed by atoms with E-state index in [0.717, 1.165) is 108 Å². The number of hydrogen-bond donors (Lipinski definition) is 3. The molecule has 0 aromatic carbocycles. The number of phosphoric acid groups is 2. The number of aliphatic hydroxyl groups excluding tert-OH is 1. The van der Waals surface area contributed by atoms with Gasteiger partial charge in [-0.05, 0) is 37.5 Å². The molecule has 19 heteroatoms. The molecule has 17 nitrogen and oxygen atoms in total. The van der Waals surface area contributed by atoms with Crippen LogP contribution in [0.1, 0.15) is 446 Å². The van der Waals surface area contributed by atoms with Crippen molar-refractivity contribution in [2.75, 3.05) is 39.6 Å². The first kappa shape index (κ1) is 101. The maximum absolute atomic E-state index is 13.1. The van der Waals surface area contributed by atoms with Gasteiger partial charge in [-0.3, -0.25) is 37.3 Å². The van der Waals surface area contributed by atoms with Crippen molar-refractivity contribution < 1.29 is 80.2 Å². The normalized spacial score (nSPS) is 14.4. The zero-order valence-electron chi connectivity index (χ0n) is 67.6. The SMILES string of the molecule is CCCCCCCCCCCCCCCCCCCCCCCC(=O)O[C@H](COC(=O)CCCCCCCCCCCCCCCCCCCC)COP(=O)(O)OC[C@@H](O)COP(=O)(O)OC[C@@H](COC(=O)CCCCCCCCC(C)CC)OC(=O)CCCCCCCCCCCCC(C)CC. The summed E-state index contributed by atoms with van der Waals surface area (Å²) in [5, 5.41) is 10.7. The number of carbonyl (C=O) groups is 4. The average Bonchev–Trinajstić information content (AvgIpc) is 0.918. The second kappa shape index (κ2) is 75.5. The van der Waals surface area contributed by atoms with E-state index < -0.39 is 97.5 Å². The molecule has 0 amide bonds. The fraction of sp³-hybridized carbons (Fsp3) is 0.952. The monoisotopic (exact) mass is 1510 g/mol. The van der Waals surface area contributed by atoms with Crippen molar-refractivity contribution in [3.8, 4) is 0 Å². The molecule has 0 saturated carbocycles. The number of unbranched alkanes of at least 4 members (excludes halogenated alkanes) is 51. The van der Waals surface area contributed by atoms with Crippen LogP contribution < -0.4 is 0 Å². The fourth-order valence-corrected chi connectivity index (χ4v) is 14.6. The number of rotatable bonds is 83. The predicted molar refractivity (Wildman–Crippen MR) is 423 cm³/mol. The Kier molecular flexibility index (Phi) is 74.1. The standard InChI is InChI=1S/C84H164O17P2/c1-7-11-13-15-17-19-21-23-25-27-29-30-31-33-35-37-39-44-48-56-62-68-83(88)100-79(72-94-81(86)66-60-54-47-43-38-36-34-32-28-26-24-22-20-18-16-14-12-8-2)74-98-102(90,91)96-70-78(85)71-97-103(92,93)99-75-80(73-95-82(87)67-61-55-51-50-53-59-65-77(6)10-4)101-84(89)69-63-57-49-45-41-40-42-46-52-58-64-76(5)9-3/h76-80,85H,7-75H2,1-6H3,(H,90,91)(H,92,93)/t76?,77?,78-,79-,80-/m1/s1. The molecule has 7 atom stereocenters. The maximum atomic E-state index is 13.1. The molecule has 0 aliphatic heterocycles. The van der Waals surface area contributed by atoms with Crippen LogP contribution in [0.5, 0.6) is 0 Å². The summed E-state index contributed by atoms with van der Waals surface area (Å²) in [6, 6.07) is 0. The lowest BCUT2D eigenvalue weighted by Gasteiger charge is -2.21. The smallest absolute Gasteiger partial charge is 0.462 e. The average molecular weight is 1510 g/mol. The van der Waals surface area contributed by atoms with Crippen molar-refractivity contribution in [3.05, 3.63) is 0 Å². The van der Waals surface area contributed by atoms with E-state index in [1.807, 2.05) is 0 Å². The highest BCUT2D eigenvalue weighted by molar-refractivity contribution is 7.47. The minimum Gasteiger partial charge on any atom is -0.462 e. The maximum Gasteiger partial charge on any atom is 0.472 e. The predicted octanol–water partition coefficient (Wildman–Crippen LogP) is 25.5. The van der Waals surface area contributed by atoms with Gasteiger partial charge in [0.2, 0.25) is 0 Å². The van der Waals surface area contributed by atoms with E-state index in [4.69, 9.17) is 37.0 Å². The van der Waals surface area contributed by atoms with Gasteiger partial charge in [-0.2, -0.15) is 0 Å². The zero-order valence-corrected chi connectivity index (χ0v) is 69.4. The van der Waals surface area contributed by atoms with Crippen molar-refractivity contribution in [1.29, 1.82) is 0 Å². The van der Waals surface area contributed by atoms with Gasteiger partial charge in [0.05, 0.1) is 26.4 Å². The summed E-state index contributed by atoms with van der Waals surface area (Å²) < 4.78 is 68.8. The van der Waals surface area contributed by atoms with Crippen LogP contribution in [0.25, 0.3) is 0 Å². The molecule has 0 spiro atoms. The van der Waals surface area contributed by atoms with Gasteiger partial charge in [0.25, 0.3) is 0 Å². The topological polar surface area (TPSA) is 237 Å². The molecule has 3 N–H and O–H groups in total. The fourth-order valence-electron chi connectivity index (χ4n) is 13.0. The Morgan fingerprint density at radius 3 is 0.689 bits per heavy atom. The van der Waals surface area contributed by atoms with Crippen molar-refractivity contribution in [1.82, 2.24) is 0 Å². The van der Waals surface area contributed by atoms with E-state index in [9.17, 15) is 43.2 Å². The van der Waals surface area contributed by atoms with Crippen LogP contribution in [0.2, 0.25) is 0 Å². The molecule has 612 valence electrons. The lowest BCUT2D eigenvalue weighted by Crippen LogP contribution is -2.30. The Morgan fingerprint density at radius 1 is 0.272 bits per heavy atom. The van der Waals surface area contributed by atoms with Crippen LogP contribution in [0.4, 0.5) is 0 Å². The number of esters is 4. The number of hydrogen-bond acceptors (Lipinski definition) is 15. The first-order valence-electron chi connectivity index (χ1n) is 43.6. The lowest BCUT2D eigenvalue weighted by atomic mass is 9.99. The molecule has 0 saturated heterocycles. The van der Waals surface area contributed by atoms with E-state index in [0.29, 0.717) is 25.7 Å². The van der Waals surface area contributed by atoms with Gasteiger partial charge in [-0.1, -0.05) is 395 Å². The zero-order chi connectivity index (χ0) is 75.6. The Bertz CT molecular complexity index is 1980. The van der Waals surface area contributed by atoms with Gasteiger partial charge in [-0.15, -0.1) is 0 Å². The molecule has 0 bridgehead atoms. The Balaban J connectivity index is 5.23.